The fourth-order valence-electron chi connectivity index (χ4n) is 3.04. The second-order valence-electron chi connectivity index (χ2n) is 6.46. The van der Waals surface area contributed by atoms with Gasteiger partial charge in [0.05, 0.1) is 29.7 Å². The van der Waals surface area contributed by atoms with Crippen molar-refractivity contribution in [2.45, 2.75) is 19.9 Å². The number of methoxy groups -OCH3 is 1. The maximum atomic E-state index is 12.5. The molecule has 3 aromatic rings. The number of anilines is 1. The monoisotopic (exact) mass is 402 g/mol. The molecule has 0 aliphatic carbocycles. The molecule has 1 aromatic carbocycles. The molecule has 0 saturated carbocycles. The third-order valence-electron chi connectivity index (χ3n) is 4.46. The van der Waals surface area contributed by atoms with Crippen LogP contribution in [0.15, 0.2) is 33.9 Å². The van der Waals surface area contributed by atoms with Crippen LogP contribution in [-0.2, 0) is 11.8 Å². The molecule has 0 aliphatic heterocycles. The molecular weight excluding hydrogens is 384 g/mol. The summed E-state index contributed by atoms with van der Waals surface area (Å²) in [5.41, 5.74) is 1.60. The normalized spacial score (nSPS) is 12.0. The zero-order chi connectivity index (χ0) is 20.6. The first kappa shape index (κ1) is 19.6. The molecule has 0 radical (unpaired) electrons. The van der Waals surface area contributed by atoms with E-state index in [9.17, 15) is 14.4 Å². The molecule has 0 amide bonds. The molecule has 2 N–H and O–H groups in total. The number of hydrogen-bond donors (Lipinski definition) is 2. The standard InChI is InChI=1S/C19H19ClN4O4/c1-9-7-11(15-12(8-9)17(25)24(3)19(27)23-15)10(2)21-13-5-6-14(20)22-16(13)18(26)28-4/h5-8,10,21H,1-4H3,(H,23,27)/t10-/m1/s1. The number of benzene rings is 1. The van der Waals surface area contributed by atoms with E-state index >= 15 is 0 Å². The summed E-state index contributed by atoms with van der Waals surface area (Å²) in [6.45, 7) is 3.71. The van der Waals surface area contributed by atoms with Crippen molar-refractivity contribution in [3.8, 4) is 0 Å². The van der Waals surface area contributed by atoms with Gasteiger partial charge in [0.15, 0.2) is 5.69 Å². The molecule has 146 valence electrons. The summed E-state index contributed by atoms with van der Waals surface area (Å²) in [5.74, 6) is -0.631. The van der Waals surface area contributed by atoms with Gasteiger partial charge < -0.3 is 15.0 Å². The van der Waals surface area contributed by atoms with Crippen LogP contribution in [0.3, 0.4) is 0 Å². The van der Waals surface area contributed by atoms with Crippen LogP contribution in [0.4, 0.5) is 5.69 Å². The summed E-state index contributed by atoms with van der Waals surface area (Å²) in [7, 11) is 2.68. The largest absolute Gasteiger partial charge is 0.464 e. The summed E-state index contributed by atoms with van der Waals surface area (Å²) in [5, 5.41) is 3.76. The number of pyridine rings is 1. The molecule has 3 rings (SSSR count). The molecule has 0 spiro atoms. The van der Waals surface area contributed by atoms with E-state index in [1.165, 1.54) is 14.2 Å². The molecule has 0 aliphatic rings. The molecule has 2 heterocycles. The van der Waals surface area contributed by atoms with Gasteiger partial charge in [-0.25, -0.2) is 14.6 Å². The summed E-state index contributed by atoms with van der Waals surface area (Å²) in [4.78, 5) is 43.4. The number of nitrogens with zero attached hydrogens (tertiary/aromatic N) is 2. The predicted molar refractivity (Wildman–Crippen MR) is 107 cm³/mol. The maximum Gasteiger partial charge on any atom is 0.358 e. The fraction of sp³-hybridized carbons (Fsp3) is 0.263. The Morgan fingerprint density at radius 3 is 2.71 bits per heavy atom. The van der Waals surface area contributed by atoms with Gasteiger partial charge in [-0.1, -0.05) is 17.7 Å². The Morgan fingerprint density at radius 1 is 1.32 bits per heavy atom. The Labute approximate surface area is 165 Å². The fourth-order valence-corrected chi connectivity index (χ4v) is 3.19. The second kappa shape index (κ2) is 7.47. The average Bonchev–Trinajstić information content (AvgIpc) is 2.67. The minimum atomic E-state index is -0.631. The van der Waals surface area contributed by atoms with Crippen molar-refractivity contribution in [3.05, 3.63) is 67.1 Å². The van der Waals surface area contributed by atoms with E-state index in [1.807, 2.05) is 19.9 Å². The first-order valence-corrected chi connectivity index (χ1v) is 8.85. The highest BCUT2D eigenvalue weighted by Gasteiger charge is 2.19. The molecule has 28 heavy (non-hydrogen) atoms. The number of aromatic amines is 1. The van der Waals surface area contributed by atoms with Crippen molar-refractivity contribution in [2.75, 3.05) is 12.4 Å². The van der Waals surface area contributed by atoms with Crippen LogP contribution in [0.5, 0.6) is 0 Å². The lowest BCUT2D eigenvalue weighted by Gasteiger charge is -2.19. The number of ether oxygens (including phenoxy) is 1. The third-order valence-corrected chi connectivity index (χ3v) is 4.67. The van der Waals surface area contributed by atoms with Crippen molar-refractivity contribution in [3.63, 3.8) is 0 Å². The zero-order valence-electron chi connectivity index (χ0n) is 15.8. The van der Waals surface area contributed by atoms with Gasteiger partial charge in [0, 0.05) is 7.05 Å². The van der Waals surface area contributed by atoms with Crippen molar-refractivity contribution >= 4 is 34.2 Å². The molecular formula is C19H19ClN4O4. The molecule has 0 fully saturated rings. The predicted octanol–water partition coefficient (Wildman–Crippen LogP) is 2.54. The Kier molecular flexibility index (Phi) is 5.24. The molecule has 0 bridgehead atoms. The quantitative estimate of drug-likeness (QED) is 0.513. The molecule has 0 unspecified atom stereocenters. The van der Waals surface area contributed by atoms with E-state index in [0.29, 0.717) is 22.2 Å². The smallest absolute Gasteiger partial charge is 0.358 e. The van der Waals surface area contributed by atoms with Gasteiger partial charge in [-0.05, 0) is 43.2 Å². The number of rotatable bonds is 4. The second-order valence-corrected chi connectivity index (χ2v) is 6.85. The van der Waals surface area contributed by atoms with Crippen LogP contribution in [0, 0.1) is 6.92 Å². The topological polar surface area (TPSA) is 106 Å². The lowest BCUT2D eigenvalue weighted by Crippen LogP contribution is -2.33. The van der Waals surface area contributed by atoms with Gasteiger partial charge in [-0.2, -0.15) is 0 Å². The number of aromatic nitrogens is 3. The van der Waals surface area contributed by atoms with Crippen molar-refractivity contribution in [1.82, 2.24) is 14.5 Å². The first-order chi connectivity index (χ1) is 13.2. The van der Waals surface area contributed by atoms with Gasteiger partial charge in [-0.3, -0.25) is 9.36 Å². The average molecular weight is 403 g/mol. The lowest BCUT2D eigenvalue weighted by atomic mass is 10.0. The van der Waals surface area contributed by atoms with Crippen LogP contribution in [0.2, 0.25) is 5.15 Å². The molecule has 1 atom stereocenters. The SMILES string of the molecule is COC(=O)c1nc(Cl)ccc1N[C@H](C)c1cc(C)cc2c(=O)n(C)c(=O)[nH]c12. The Hall–Kier alpha value is -3.13. The lowest BCUT2D eigenvalue weighted by molar-refractivity contribution is 0.0595. The highest BCUT2D eigenvalue weighted by atomic mass is 35.5. The number of H-pyrrole nitrogens is 1. The number of fused-ring (bicyclic) bond motifs is 1. The van der Waals surface area contributed by atoms with Crippen molar-refractivity contribution in [2.24, 2.45) is 7.05 Å². The number of carbonyl (C=O) groups excluding carboxylic acids is 1. The van der Waals surface area contributed by atoms with Gasteiger partial charge in [0.1, 0.15) is 5.15 Å². The number of nitrogens with one attached hydrogen (secondary N) is 2. The molecule has 8 nitrogen and oxygen atoms in total. The van der Waals surface area contributed by atoms with E-state index in [-0.39, 0.29) is 22.4 Å². The molecule has 0 saturated heterocycles. The summed E-state index contributed by atoms with van der Waals surface area (Å²) in [6, 6.07) is 6.41. The van der Waals surface area contributed by atoms with E-state index < -0.39 is 11.7 Å². The van der Waals surface area contributed by atoms with Crippen molar-refractivity contribution < 1.29 is 9.53 Å². The molecule has 9 heteroatoms. The molecule has 2 aromatic heterocycles. The summed E-state index contributed by atoms with van der Waals surface area (Å²) in [6.07, 6.45) is 0. The van der Waals surface area contributed by atoms with Crippen LogP contribution in [0.25, 0.3) is 10.9 Å². The number of esters is 1. The van der Waals surface area contributed by atoms with Crippen LogP contribution >= 0.6 is 11.6 Å². The zero-order valence-corrected chi connectivity index (χ0v) is 16.5. The Balaban J connectivity index is 2.13. The highest BCUT2D eigenvalue weighted by Crippen LogP contribution is 2.27. The minimum absolute atomic E-state index is 0.0446. The number of carbonyl (C=O) groups is 1. The summed E-state index contributed by atoms with van der Waals surface area (Å²) >= 11 is 5.90. The maximum absolute atomic E-state index is 12.5. The van der Waals surface area contributed by atoms with E-state index in [2.05, 4.69) is 15.3 Å². The Morgan fingerprint density at radius 2 is 2.04 bits per heavy atom. The van der Waals surface area contributed by atoms with Gasteiger partial charge in [0.25, 0.3) is 5.56 Å². The van der Waals surface area contributed by atoms with Crippen LogP contribution < -0.4 is 16.6 Å². The minimum Gasteiger partial charge on any atom is -0.464 e. The third kappa shape index (κ3) is 3.50. The highest BCUT2D eigenvalue weighted by molar-refractivity contribution is 6.29. The first-order valence-electron chi connectivity index (χ1n) is 8.48. The van der Waals surface area contributed by atoms with Crippen molar-refractivity contribution in [1.29, 1.82) is 0 Å². The summed E-state index contributed by atoms with van der Waals surface area (Å²) < 4.78 is 5.79. The van der Waals surface area contributed by atoms with E-state index in [4.69, 9.17) is 16.3 Å². The van der Waals surface area contributed by atoms with E-state index in [0.717, 1.165) is 10.1 Å². The van der Waals surface area contributed by atoms with Gasteiger partial charge >= 0.3 is 11.7 Å². The van der Waals surface area contributed by atoms with Gasteiger partial charge in [0.2, 0.25) is 0 Å². The van der Waals surface area contributed by atoms with Crippen LogP contribution in [0.1, 0.15) is 34.6 Å². The Bertz CT molecular complexity index is 1200. The number of aryl methyl sites for hydroxylation is 1. The number of hydrogen-bond acceptors (Lipinski definition) is 6. The van der Waals surface area contributed by atoms with Gasteiger partial charge in [-0.15, -0.1) is 0 Å². The van der Waals surface area contributed by atoms with Crippen LogP contribution in [-0.4, -0.2) is 27.6 Å². The number of halogens is 1. The van der Waals surface area contributed by atoms with E-state index in [1.54, 1.807) is 18.2 Å².